The van der Waals surface area contributed by atoms with Crippen LogP contribution in [0.4, 0.5) is 0 Å². The molecule has 2 rings (SSSR count). The SMILES string of the molecule is C=CCc1cc(C=NNC(=O)c2cccnc2Cl)cc(OC)c1O. The summed E-state index contributed by atoms with van der Waals surface area (Å²) >= 11 is 5.85. The maximum absolute atomic E-state index is 12.0. The smallest absolute Gasteiger partial charge is 0.274 e. The van der Waals surface area contributed by atoms with E-state index in [4.69, 9.17) is 16.3 Å². The Balaban J connectivity index is 2.17. The molecular formula is C17H16ClN3O3. The van der Waals surface area contributed by atoms with E-state index in [1.165, 1.54) is 19.5 Å². The average Bonchev–Trinajstić information content (AvgIpc) is 2.58. The van der Waals surface area contributed by atoms with Crippen molar-refractivity contribution in [2.75, 3.05) is 7.11 Å². The maximum atomic E-state index is 12.0. The van der Waals surface area contributed by atoms with Gasteiger partial charge in [-0.05, 0) is 36.2 Å². The number of halogens is 1. The third kappa shape index (κ3) is 4.11. The number of aromatic nitrogens is 1. The zero-order valence-electron chi connectivity index (χ0n) is 13.0. The van der Waals surface area contributed by atoms with Gasteiger partial charge in [0.15, 0.2) is 11.5 Å². The first-order valence-electron chi connectivity index (χ1n) is 7.01. The van der Waals surface area contributed by atoms with Crippen LogP contribution in [-0.4, -0.2) is 29.3 Å². The molecule has 0 fully saturated rings. The number of benzene rings is 1. The third-order valence-electron chi connectivity index (χ3n) is 3.14. The summed E-state index contributed by atoms with van der Waals surface area (Å²) in [7, 11) is 1.46. The van der Waals surface area contributed by atoms with E-state index >= 15 is 0 Å². The summed E-state index contributed by atoms with van der Waals surface area (Å²) in [5, 5.41) is 14.0. The van der Waals surface area contributed by atoms with Gasteiger partial charge in [-0.3, -0.25) is 4.79 Å². The number of hydrogen-bond acceptors (Lipinski definition) is 5. The van der Waals surface area contributed by atoms with Gasteiger partial charge in [-0.2, -0.15) is 5.10 Å². The van der Waals surface area contributed by atoms with Crippen LogP contribution in [0.5, 0.6) is 11.5 Å². The minimum atomic E-state index is -0.471. The van der Waals surface area contributed by atoms with E-state index in [-0.39, 0.29) is 16.5 Å². The highest BCUT2D eigenvalue weighted by atomic mass is 35.5. The minimum Gasteiger partial charge on any atom is -0.504 e. The lowest BCUT2D eigenvalue weighted by molar-refractivity contribution is 0.0955. The summed E-state index contributed by atoms with van der Waals surface area (Å²) in [6.07, 6.45) is 5.08. The Bertz CT molecular complexity index is 791. The topological polar surface area (TPSA) is 83.8 Å². The number of ether oxygens (including phenoxy) is 1. The number of phenolic OH excluding ortho intramolecular Hbond substituents is 1. The fourth-order valence-electron chi connectivity index (χ4n) is 2.01. The minimum absolute atomic E-state index is 0.0562. The second kappa shape index (κ2) is 8.12. The van der Waals surface area contributed by atoms with Crippen LogP contribution < -0.4 is 10.2 Å². The predicted molar refractivity (Wildman–Crippen MR) is 92.9 cm³/mol. The van der Waals surface area contributed by atoms with Gasteiger partial charge >= 0.3 is 0 Å². The van der Waals surface area contributed by atoms with Crippen molar-refractivity contribution in [1.82, 2.24) is 10.4 Å². The third-order valence-corrected chi connectivity index (χ3v) is 3.45. The van der Waals surface area contributed by atoms with Gasteiger partial charge in [-0.15, -0.1) is 6.58 Å². The molecule has 0 aliphatic carbocycles. The van der Waals surface area contributed by atoms with E-state index in [2.05, 4.69) is 22.1 Å². The van der Waals surface area contributed by atoms with Gasteiger partial charge in [0.2, 0.25) is 0 Å². The predicted octanol–water partition coefficient (Wildman–Crippen LogP) is 2.94. The Morgan fingerprint density at radius 3 is 3.00 bits per heavy atom. The summed E-state index contributed by atoms with van der Waals surface area (Å²) in [4.78, 5) is 15.8. The monoisotopic (exact) mass is 345 g/mol. The zero-order chi connectivity index (χ0) is 17.5. The summed E-state index contributed by atoms with van der Waals surface area (Å²) < 4.78 is 5.13. The Morgan fingerprint density at radius 1 is 1.54 bits per heavy atom. The number of hydrazone groups is 1. The Morgan fingerprint density at radius 2 is 2.33 bits per heavy atom. The fourth-order valence-corrected chi connectivity index (χ4v) is 2.22. The number of nitrogens with zero attached hydrogens (tertiary/aromatic N) is 2. The van der Waals surface area contributed by atoms with Crippen LogP contribution in [0, 0.1) is 0 Å². The molecule has 1 heterocycles. The molecule has 24 heavy (non-hydrogen) atoms. The van der Waals surface area contributed by atoms with E-state index in [0.717, 1.165) is 0 Å². The molecule has 0 atom stereocenters. The van der Waals surface area contributed by atoms with Crippen molar-refractivity contribution in [3.05, 3.63) is 65.0 Å². The number of carbonyl (C=O) groups is 1. The van der Waals surface area contributed by atoms with Crippen LogP contribution in [0.2, 0.25) is 5.15 Å². The second-order valence-electron chi connectivity index (χ2n) is 4.76. The van der Waals surface area contributed by atoms with E-state index in [1.54, 1.807) is 30.3 Å². The molecule has 0 aliphatic rings. The van der Waals surface area contributed by atoms with Gasteiger partial charge in [-0.1, -0.05) is 17.7 Å². The number of allylic oxidation sites excluding steroid dienone is 1. The molecule has 0 unspecified atom stereocenters. The highest BCUT2D eigenvalue weighted by molar-refractivity contribution is 6.32. The van der Waals surface area contributed by atoms with Gasteiger partial charge < -0.3 is 9.84 Å². The molecule has 0 spiro atoms. The van der Waals surface area contributed by atoms with Crippen molar-refractivity contribution < 1.29 is 14.6 Å². The molecule has 2 N–H and O–H groups in total. The fraction of sp³-hybridized carbons (Fsp3) is 0.118. The second-order valence-corrected chi connectivity index (χ2v) is 5.12. The number of carbonyl (C=O) groups excluding carboxylic acids is 1. The normalized spacial score (nSPS) is 10.6. The van der Waals surface area contributed by atoms with Gasteiger partial charge in [-0.25, -0.2) is 10.4 Å². The summed E-state index contributed by atoms with van der Waals surface area (Å²) in [5.74, 6) is -0.0976. The number of nitrogens with one attached hydrogen (secondary N) is 1. The molecule has 1 amide bonds. The molecule has 0 bridgehead atoms. The number of hydrogen-bond donors (Lipinski definition) is 2. The summed E-state index contributed by atoms with van der Waals surface area (Å²) in [6.45, 7) is 3.65. The van der Waals surface area contributed by atoms with Crippen molar-refractivity contribution in [3.63, 3.8) is 0 Å². The van der Waals surface area contributed by atoms with Crippen LogP contribution in [-0.2, 0) is 6.42 Å². The molecule has 1 aromatic carbocycles. The number of rotatable bonds is 6. The van der Waals surface area contributed by atoms with E-state index in [9.17, 15) is 9.90 Å². The first kappa shape index (κ1) is 17.5. The van der Waals surface area contributed by atoms with Crippen molar-refractivity contribution in [3.8, 4) is 11.5 Å². The highest BCUT2D eigenvalue weighted by Gasteiger charge is 2.10. The van der Waals surface area contributed by atoms with Crippen LogP contribution >= 0.6 is 11.6 Å². The molecule has 124 valence electrons. The number of amides is 1. The molecule has 0 radical (unpaired) electrons. The quantitative estimate of drug-likeness (QED) is 0.365. The molecule has 0 saturated carbocycles. The average molecular weight is 346 g/mol. The van der Waals surface area contributed by atoms with Crippen LogP contribution in [0.3, 0.4) is 0 Å². The van der Waals surface area contributed by atoms with Crippen molar-refractivity contribution >= 4 is 23.7 Å². The molecular weight excluding hydrogens is 330 g/mol. The van der Waals surface area contributed by atoms with E-state index in [1.807, 2.05) is 0 Å². The van der Waals surface area contributed by atoms with Crippen LogP contribution in [0.25, 0.3) is 0 Å². The molecule has 2 aromatic rings. The van der Waals surface area contributed by atoms with Gasteiger partial charge in [0.05, 0.1) is 18.9 Å². The lowest BCUT2D eigenvalue weighted by Crippen LogP contribution is -2.18. The first-order valence-corrected chi connectivity index (χ1v) is 7.39. The number of phenols is 1. The lowest BCUT2D eigenvalue weighted by atomic mass is 10.1. The largest absolute Gasteiger partial charge is 0.504 e. The van der Waals surface area contributed by atoms with E-state index in [0.29, 0.717) is 23.3 Å². The molecule has 0 saturated heterocycles. The molecule has 6 nitrogen and oxygen atoms in total. The highest BCUT2D eigenvalue weighted by Crippen LogP contribution is 2.31. The molecule has 0 aliphatic heterocycles. The molecule has 1 aromatic heterocycles. The molecule has 7 heteroatoms. The van der Waals surface area contributed by atoms with Crippen molar-refractivity contribution in [2.24, 2.45) is 5.10 Å². The lowest BCUT2D eigenvalue weighted by Gasteiger charge is -2.09. The van der Waals surface area contributed by atoms with Crippen LogP contribution in [0.1, 0.15) is 21.5 Å². The van der Waals surface area contributed by atoms with Gasteiger partial charge in [0.1, 0.15) is 5.15 Å². The Hall–Kier alpha value is -2.86. The zero-order valence-corrected chi connectivity index (χ0v) is 13.7. The number of methoxy groups -OCH3 is 1. The standard InChI is InChI=1S/C17H16ClN3O3/c1-3-5-12-8-11(9-14(24-2)15(12)22)10-20-21-17(23)13-6-4-7-19-16(13)18/h3-4,6-10,22H,1,5H2,2H3,(H,21,23). The summed E-state index contributed by atoms with van der Waals surface area (Å²) in [5.41, 5.74) is 3.90. The van der Waals surface area contributed by atoms with Gasteiger partial charge in [0.25, 0.3) is 5.91 Å². The Labute approximate surface area is 144 Å². The van der Waals surface area contributed by atoms with Gasteiger partial charge in [0, 0.05) is 11.8 Å². The van der Waals surface area contributed by atoms with E-state index < -0.39 is 5.91 Å². The first-order chi connectivity index (χ1) is 11.6. The number of aromatic hydroxyl groups is 1. The van der Waals surface area contributed by atoms with Crippen molar-refractivity contribution in [2.45, 2.75) is 6.42 Å². The Kier molecular flexibility index (Phi) is 5.92. The summed E-state index contributed by atoms with van der Waals surface area (Å²) in [6, 6.07) is 6.49. The van der Waals surface area contributed by atoms with Crippen LogP contribution in [0.15, 0.2) is 48.2 Å². The van der Waals surface area contributed by atoms with Crippen molar-refractivity contribution in [1.29, 1.82) is 0 Å². The maximum Gasteiger partial charge on any atom is 0.274 e. The number of pyridine rings is 1.